The van der Waals surface area contributed by atoms with Crippen molar-refractivity contribution >= 4 is 11.9 Å². The van der Waals surface area contributed by atoms with Crippen molar-refractivity contribution in [2.75, 3.05) is 19.6 Å². The average molecular weight is 525 g/mol. The van der Waals surface area contributed by atoms with E-state index in [1.165, 1.54) is 6.42 Å². The molecule has 1 rings (SSSR count). The van der Waals surface area contributed by atoms with Crippen LogP contribution in [0.4, 0.5) is 0 Å². The van der Waals surface area contributed by atoms with Gasteiger partial charge < -0.3 is 36.2 Å². The van der Waals surface area contributed by atoms with E-state index in [9.17, 15) is 19.8 Å². The Hall–Kier alpha value is -0.492. The van der Waals surface area contributed by atoms with Crippen LogP contribution in [0.15, 0.2) is 0 Å². The number of carbonyl (C=O) groups excluding carboxylic acids is 2. The van der Waals surface area contributed by atoms with E-state index in [2.05, 4.69) is 4.90 Å². The fraction of sp³-hybridized carbons (Fsp3) is 0.875. The number of nitrogens with two attached hydrogens (primary N) is 2. The molecule has 0 aromatic carbocycles. The van der Waals surface area contributed by atoms with E-state index >= 15 is 0 Å². The zero-order valence-corrected chi connectivity index (χ0v) is 16.9. The van der Waals surface area contributed by atoms with Gasteiger partial charge in [0.1, 0.15) is 0 Å². The number of hydrogen-bond acceptors (Lipinski definition) is 7. The topological polar surface area (TPSA) is 136 Å². The number of aliphatic carboxylic acids is 2. The Balaban J connectivity index is 0. The van der Waals surface area contributed by atoms with Gasteiger partial charge in [0.25, 0.3) is 0 Å². The largest absolute Gasteiger partial charge is 2.00 e. The van der Waals surface area contributed by atoms with Gasteiger partial charge in [0, 0.05) is 29.9 Å². The first kappa shape index (κ1) is 25.7. The van der Waals surface area contributed by atoms with Gasteiger partial charge in [0.15, 0.2) is 0 Å². The molecular weight excluding hydrogens is 493 g/mol. The summed E-state index contributed by atoms with van der Waals surface area (Å²) in [5.74, 6) is -3.57. The molecule has 3 atom stereocenters. The molecule has 0 aromatic rings. The molecule has 1 aliphatic rings. The second kappa shape index (κ2) is 14.8. The average Bonchev–Trinajstić information content (AvgIpc) is 2.86. The molecule has 0 bridgehead atoms. The summed E-state index contributed by atoms with van der Waals surface area (Å²) in [7, 11) is 0. The second-order valence-electron chi connectivity index (χ2n) is 6.02. The van der Waals surface area contributed by atoms with Crippen LogP contribution < -0.4 is 21.7 Å². The summed E-state index contributed by atoms with van der Waals surface area (Å²) in [6, 6.07) is 0.583. The van der Waals surface area contributed by atoms with E-state index in [1.54, 1.807) is 0 Å². The molecule has 0 aliphatic heterocycles. The first-order valence-corrected chi connectivity index (χ1v) is 8.45. The van der Waals surface area contributed by atoms with Crippen molar-refractivity contribution in [1.29, 1.82) is 0 Å². The zero-order valence-electron chi connectivity index (χ0n) is 14.6. The maximum atomic E-state index is 10.6. The quantitative estimate of drug-likeness (QED) is 0.372. The van der Waals surface area contributed by atoms with Crippen LogP contribution in [-0.4, -0.2) is 48.6 Å². The minimum Gasteiger partial charge on any atom is -0.550 e. The fourth-order valence-electron chi connectivity index (χ4n) is 2.62. The van der Waals surface area contributed by atoms with Crippen molar-refractivity contribution in [2.24, 2.45) is 17.4 Å². The van der Waals surface area contributed by atoms with E-state index < -0.39 is 24.3 Å². The molecule has 144 valence electrons. The van der Waals surface area contributed by atoms with Gasteiger partial charge in [-0.3, -0.25) is 0 Å². The predicted molar refractivity (Wildman–Crippen MR) is 84.9 cm³/mol. The van der Waals surface area contributed by atoms with Gasteiger partial charge >= 0.3 is 21.1 Å². The predicted octanol–water partition coefficient (Wildman–Crippen LogP) is -1.56. The number of rotatable bonds is 9. The van der Waals surface area contributed by atoms with Crippen molar-refractivity contribution < 1.29 is 40.9 Å². The maximum Gasteiger partial charge on any atom is 2.00 e. The van der Waals surface area contributed by atoms with Gasteiger partial charge in [-0.05, 0) is 51.7 Å². The maximum absolute atomic E-state index is 10.6. The van der Waals surface area contributed by atoms with Crippen LogP contribution in [0.25, 0.3) is 0 Å². The van der Waals surface area contributed by atoms with Gasteiger partial charge in [-0.25, -0.2) is 0 Å². The second-order valence-corrected chi connectivity index (χ2v) is 6.02. The first-order chi connectivity index (χ1) is 10.8. The summed E-state index contributed by atoms with van der Waals surface area (Å²) in [5, 5.41) is 20.9. The Morgan fingerprint density at radius 1 is 1.12 bits per heavy atom. The Labute approximate surface area is 159 Å². The monoisotopic (exact) mass is 524 g/mol. The van der Waals surface area contributed by atoms with Crippen LogP contribution in [0, 0.1) is 5.92 Å². The fourth-order valence-corrected chi connectivity index (χ4v) is 2.62. The van der Waals surface area contributed by atoms with E-state index in [-0.39, 0.29) is 21.1 Å². The molecule has 8 heteroatoms. The van der Waals surface area contributed by atoms with Crippen molar-refractivity contribution in [3.8, 4) is 0 Å². The molecule has 4 N–H and O–H groups in total. The first-order valence-electron chi connectivity index (χ1n) is 8.45. The molecule has 0 spiro atoms. The summed E-state index contributed by atoms with van der Waals surface area (Å²) < 4.78 is 0. The molecule has 7 nitrogen and oxygen atoms in total. The molecule has 1 fully saturated rings. The number of carboxylic acid groups (broad SMARTS) is 2. The van der Waals surface area contributed by atoms with Crippen molar-refractivity contribution in [3.05, 3.63) is 0 Å². The summed E-state index contributed by atoms with van der Waals surface area (Å²) in [4.78, 5) is 23.1. The Bertz CT molecular complexity index is 346. The van der Waals surface area contributed by atoms with Crippen LogP contribution in [0.5, 0.6) is 0 Å². The van der Waals surface area contributed by atoms with E-state index in [1.807, 2.05) is 13.8 Å². The van der Waals surface area contributed by atoms with Gasteiger partial charge in [0.05, 0.1) is 0 Å². The Kier molecular flexibility index (Phi) is 15.9. The molecule has 24 heavy (non-hydrogen) atoms. The molecule has 1 saturated carbocycles. The van der Waals surface area contributed by atoms with Gasteiger partial charge in [-0.15, -0.1) is 0 Å². The number of hydrogen-bond donors (Lipinski definition) is 2. The molecule has 0 aromatic heterocycles. The Morgan fingerprint density at radius 2 is 1.62 bits per heavy atom. The molecule has 1 aliphatic carbocycles. The SMILES string of the molecule is CCN(CC)CCCC(CC(=O)[O-])C(=O)[O-].NC1CCCC1N.[Pt+2]. The van der Waals surface area contributed by atoms with Crippen LogP contribution >= 0.6 is 0 Å². The molecule has 0 amide bonds. The van der Waals surface area contributed by atoms with Crippen molar-refractivity contribution in [2.45, 2.75) is 64.5 Å². The van der Waals surface area contributed by atoms with Crippen molar-refractivity contribution in [1.82, 2.24) is 4.90 Å². The molecule has 3 unspecified atom stereocenters. The minimum atomic E-state index is -1.34. The number of nitrogens with zero attached hydrogens (tertiary/aromatic N) is 1. The summed E-state index contributed by atoms with van der Waals surface area (Å²) >= 11 is 0. The summed E-state index contributed by atoms with van der Waals surface area (Å²) in [5.41, 5.74) is 11.1. The van der Waals surface area contributed by atoms with E-state index in [0.717, 1.165) is 32.5 Å². The molecule has 0 saturated heterocycles. The third-order valence-corrected chi connectivity index (χ3v) is 4.29. The third-order valence-electron chi connectivity index (χ3n) is 4.29. The summed E-state index contributed by atoms with van der Waals surface area (Å²) in [6.07, 6.45) is 4.01. The van der Waals surface area contributed by atoms with Gasteiger partial charge in [-0.1, -0.05) is 20.3 Å². The Morgan fingerprint density at radius 3 is 1.92 bits per heavy atom. The minimum absolute atomic E-state index is 0. The standard InChI is InChI=1S/C11H21NO4.C5H12N2.Pt/c1-3-12(4-2)7-5-6-9(11(15)16)8-10(13)14;6-4-2-1-3-5(4)7;/h9H,3-8H2,1-2H3,(H,13,14)(H,15,16);4-5H,1-3,6-7H2;/q;;+2/p-2. The number of carbonyl (C=O) groups is 2. The third kappa shape index (κ3) is 12.0. The normalized spacial score (nSPS) is 20.7. The molecule has 0 radical (unpaired) electrons. The van der Waals surface area contributed by atoms with Crippen molar-refractivity contribution in [3.63, 3.8) is 0 Å². The van der Waals surface area contributed by atoms with E-state index in [4.69, 9.17) is 11.5 Å². The molecular formula is C16H31N3O4Pt. The van der Waals surface area contributed by atoms with Crippen LogP contribution in [0.3, 0.4) is 0 Å². The number of carboxylic acids is 2. The zero-order chi connectivity index (χ0) is 17.8. The van der Waals surface area contributed by atoms with Crippen LogP contribution in [0.2, 0.25) is 0 Å². The van der Waals surface area contributed by atoms with Gasteiger partial charge in [0.2, 0.25) is 0 Å². The van der Waals surface area contributed by atoms with E-state index in [0.29, 0.717) is 24.9 Å². The smallest absolute Gasteiger partial charge is 0.550 e. The van der Waals surface area contributed by atoms with Crippen LogP contribution in [0.1, 0.15) is 52.4 Å². The van der Waals surface area contributed by atoms with Crippen LogP contribution in [-0.2, 0) is 30.7 Å². The summed E-state index contributed by atoms with van der Waals surface area (Å²) in [6.45, 7) is 6.66. The molecule has 0 heterocycles. The van der Waals surface area contributed by atoms with Gasteiger partial charge in [-0.2, -0.15) is 0 Å².